The molecule has 1 aromatic carbocycles. The number of aromatic nitrogens is 2. The van der Waals surface area contributed by atoms with E-state index in [1.54, 1.807) is 18.2 Å². The van der Waals surface area contributed by atoms with Crippen molar-refractivity contribution in [2.75, 3.05) is 17.2 Å². The van der Waals surface area contributed by atoms with Crippen LogP contribution in [0.5, 0.6) is 0 Å². The third-order valence-electron chi connectivity index (χ3n) is 3.25. The predicted octanol–water partition coefficient (Wildman–Crippen LogP) is 2.74. The van der Waals surface area contributed by atoms with Crippen LogP contribution in [0.3, 0.4) is 0 Å². The van der Waals surface area contributed by atoms with Crippen LogP contribution in [0, 0.1) is 0 Å². The Morgan fingerprint density at radius 3 is 2.65 bits per heavy atom. The average molecular weight is 282 g/mol. The zero-order valence-electron chi connectivity index (χ0n) is 10.6. The van der Waals surface area contributed by atoms with Crippen LogP contribution >= 0.6 is 0 Å². The number of hydrogen-bond acceptors (Lipinski definition) is 4. The highest BCUT2D eigenvalue weighted by Gasteiger charge is 2.39. The molecule has 4 nitrogen and oxygen atoms in total. The molecule has 1 fully saturated rings. The summed E-state index contributed by atoms with van der Waals surface area (Å²) in [5.74, 6) is 0.308. The standard InChI is InChI=1S/C13H13F3N4/c14-13(15,16)6-20(9-2-3-9)12-10-5-8(17)1-4-11(10)18-7-19-12/h1,4-5,7,9H,2-3,6,17H2. The van der Waals surface area contributed by atoms with E-state index in [9.17, 15) is 13.2 Å². The van der Waals surface area contributed by atoms with Gasteiger partial charge >= 0.3 is 6.18 Å². The van der Waals surface area contributed by atoms with Crippen LogP contribution in [-0.2, 0) is 0 Å². The van der Waals surface area contributed by atoms with Crippen LogP contribution in [0.25, 0.3) is 10.9 Å². The summed E-state index contributed by atoms with van der Waals surface area (Å²) >= 11 is 0. The molecule has 1 heterocycles. The fourth-order valence-electron chi connectivity index (χ4n) is 2.25. The Balaban J connectivity index is 2.08. The molecule has 2 N–H and O–H groups in total. The van der Waals surface area contributed by atoms with Crippen molar-refractivity contribution in [3.8, 4) is 0 Å². The molecule has 1 saturated carbocycles. The number of alkyl halides is 3. The lowest BCUT2D eigenvalue weighted by Crippen LogP contribution is -2.36. The number of hydrogen-bond donors (Lipinski definition) is 1. The number of halogens is 3. The van der Waals surface area contributed by atoms with Gasteiger partial charge in [-0.3, -0.25) is 0 Å². The van der Waals surface area contributed by atoms with Crippen LogP contribution in [-0.4, -0.2) is 28.7 Å². The van der Waals surface area contributed by atoms with Crippen molar-refractivity contribution in [1.82, 2.24) is 9.97 Å². The molecule has 106 valence electrons. The number of rotatable bonds is 3. The van der Waals surface area contributed by atoms with E-state index in [1.165, 1.54) is 11.2 Å². The van der Waals surface area contributed by atoms with Crippen molar-refractivity contribution in [3.05, 3.63) is 24.5 Å². The molecule has 0 spiro atoms. The van der Waals surface area contributed by atoms with Gasteiger partial charge in [0.15, 0.2) is 0 Å². The number of benzene rings is 1. The van der Waals surface area contributed by atoms with Crippen molar-refractivity contribution in [1.29, 1.82) is 0 Å². The molecule has 0 radical (unpaired) electrons. The molecule has 1 aliphatic carbocycles. The molecule has 0 bridgehead atoms. The molecule has 0 unspecified atom stereocenters. The largest absolute Gasteiger partial charge is 0.405 e. The molecule has 7 heteroatoms. The Bertz CT molecular complexity index is 637. The third-order valence-corrected chi connectivity index (χ3v) is 3.25. The van der Waals surface area contributed by atoms with Gasteiger partial charge in [-0.2, -0.15) is 13.2 Å². The van der Waals surface area contributed by atoms with Gasteiger partial charge in [0.25, 0.3) is 0 Å². The smallest absolute Gasteiger partial charge is 0.399 e. The molecule has 0 aliphatic heterocycles. The highest BCUT2D eigenvalue weighted by atomic mass is 19.4. The molecule has 0 atom stereocenters. The third kappa shape index (κ3) is 2.61. The van der Waals surface area contributed by atoms with E-state index in [1.807, 2.05) is 0 Å². The van der Waals surface area contributed by atoms with Gasteiger partial charge in [0.05, 0.1) is 5.52 Å². The summed E-state index contributed by atoms with van der Waals surface area (Å²) in [5.41, 5.74) is 6.79. The van der Waals surface area contributed by atoms with Gasteiger partial charge < -0.3 is 10.6 Å². The highest BCUT2D eigenvalue weighted by molar-refractivity contribution is 5.91. The lowest BCUT2D eigenvalue weighted by atomic mass is 10.2. The van der Waals surface area contributed by atoms with Crippen molar-refractivity contribution < 1.29 is 13.2 Å². The van der Waals surface area contributed by atoms with Crippen molar-refractivity contribution in [3.63, 3.8) is 0 Å². The first-order chi connectivity index (χ1) is 9.44. The van der Waals surface area contributed by atoms with Gasteiger partial charge in [0.2, 0.25) is 0 Å². The summed E-state index contributed by atoms with van der Waals surface area (Å²) in [5, 5.41) is 0.559. The number of nitrogens with zero attached hydrogens (tertiary/aromatic N) is 3. The van der Waals surface area contributed by atoms with Crippen molar-refractivity contribution in [2.24, 2.45) is 0 Å². The van der Waals surface area contributed by atoms with Gasteiger partial charge in [-0.25, -0.2) is 9.97 Å². The minimum atomic E-state index is -4.26. The minimum absolute atomic E-state index is 0.101. The van der Waals surface area contributed by atoms with Gasteiger partial charge in [-0.15, -0.1) is 0 Å². The van der Waals surface area contributed by atoms with Gasteiger partial charge in [0.1, 0.15) is 18.7 Å². The maximum absolute atomic E-state index is 12.7. The van der Waals surface area contributed by atoms with E-state index < -0.39 is 12.7 Å². The van der Waals surface area contributed by atoms with E-state index in [4.69, 9.17) is 5.73 Å². The van der Waals surface area contributed by atoms with Crippen LogP contribution in [0.1, 0.15) is 12.8 Å². The fraction of sp³-hybridized carbons (Fsp3) is 0.385. The molecule has 0 saturated heterocycles. The van der Waals surface area contributed by atoms with E-state index in [2.05, 4.69) is 9.97 Å². The maximum Gasteiger partial charge on any atom is 0.405 e. The first-order valence-electron chi connectivity index (χ1n) is 6.28. The SMILES string of the molecule is Nc1ccc2ncnc(N(CC(F)(F)F)C3CC3)c2c1. The zero-order chi connectivity index (χ0) is 14.3. The summed E-state index contributed by atoms with van der Waals surface area (Å²) in [6, 6.07) is 4.88. The fourth-order valence-corrected chi connectivity index (χ4v) is 2.25. The van der Waals surface area contributed by atoms with Crippen LogP contribution < -0.4 is 10.6 Å². The second kappa shape index (κ2) is 4.50. The van der Waals surface area contributed by atoms with E-state index in [0.717, 1.165) is 12.8 Å². The number of anilines is 2. The Hall–Kier alpha value is -2.05. The van der Waals surface area contributed by atoms with Gasteiger partial charge in [-0.1, -0.05) is 0 Å². The van der Waals surface area contributed by atoms with Crippen LogP contribution in [0.15, 0.2) is 24.5 Å². The van der Waals surface area contributed by atoms with E-state index >= 15 is 0 Å². The molecule has 2 aromatic rings. The Labute approximate surface area is 113 Å². The van der Waals surface area contributed by atoms with Crippen molar-refractivity contribution in [2.45, 2.75) is 25.1 Å². The lowest BCUT2D eigenvalue weighted by molar-refractivity contribution is -0.120. The Kier molecular flexibility index (Phi) is 2.92. The number of nitrogens with two attached hydrogens (primary N) is 1. The average Bonchev–Trinajstić information content (AvgIpc) is 3.18. The topological polar surface area (TPSA) is 55.0 Å². The number of nitrogen functional groups attached to an aromatic ring is 1. The summed E-state index contributed by atoms with van der Waals surface area (Å²) < 4.78 is 38.2. The Morgan fingerprint density at radius 2 is 2.00 bits per heavy atom. The molecular formula is C13H13F3N4. The first-order valence-corrected chi connectivity index (χ1v) is 6.28. The summed E-state index contributed by atoms with van der Waals surface area (Å²) in [7, 11) is 0. The summed E-state index contributed by atoms with van der Waals surface area (Å²) in [6.07, 6.45) is -1.46. The monoisotopic (exact) mass is 282 g/mol. The minimum Gasteiger partial charge on any atom is -0.399 e. The second-order valence-electron chi connectivity index (χ2n) is 4.95. The van der Waals surface area contributed by atoms with E-state index in [0.29, 0.717) is 22.4 Å². The molecule has 1 aliphatic rings. The zero-order valence-corrected chi connectivity index (χ0v) is 10.6. The second-order valence-corrected chi connectivity index (χ2v) is 4.95. The van der Waals surface area contributed by atoms with Crippen LogP contribution in [0.2, 0.25) is 0 Å². The van der Waals surface area contributed by atoms with Crippen LogP contribution in [0.4, 0.5) is 24.7 Å². The molecule has 0 amide bonds. The number of fused-ring (bicyclic) bond motifs is 1. The molecule has 20 heavy (non-hydrogen) atoms. The maximum atomic E-state index is 12.7. The predicted molar refractivity (Wildman–Crippen MR) is 70.4 cm³/mol. The normalized spacial score (nSPS) is 15.6. The lowest BCUT2D eigenvalue weighted by Gasteiger charge is -2.25. The first kappa shape index (κ1) is 13.0. The summed E-state index contributed by atoms with van der Waals surface area (Å²) in [6.45, 7) is -1.00. The van der Waals surface area contributed by atoms with E-state index in [-0.39, 0.29) is 6.04 Å². The Morgan fingerprint density at radius 1 is 1.25 bits per heavy atom. The van der Waals surface area contributed by atoms with Gasteiger partial charge in [-0.05, 0) is 31.0 Å². The summed E-state index contributed by atoms with van der Waals surface area (Å²) in [4.78, 5) is 9.43. The quantitative estimate of drug-likeness (QED) is 0.879. The van der Waals surface area contributed by atoms with Crippen molar-refractivity contribution >= 4 is 22.4 Å². The van der Waals surface area contributed by atoms with Gasteiger partial charge in [0, 0.05) is 17.1 Å². The molecular weight excluding hydrogens is 269 g/mol. The molecule has 3 rings (SSSR count). The highest BCUT2D eigenvalue weighted by Crippen LogP contribution is 2.36. The molecule has 1 aromatic heterocycles.